The van der Waals surface area contributed by atoms with Crippen molar-refractivity contribution in [1.29, 1.82) is 0 Å². The first-order valence-electron chi connectivity index (χ1n) is 5.24. The van der Waals surface area contributed by atoms with Crippen LogP contribution in [0.5, 0.6) is 0 Å². The Morgan fingerprint density at radius 3 is 2.93 bits per heavy atom. The van der Waals surface area contributed by atoms with Gasteiger partial charge in [-0.3, -0.25) is 4.98 Å². The maximum absolute atomic E-state index is 8.81. The van der Waals surface area contributed by atoms with Gasteiger partial charge in [0, 0.05) is 37.6 Å². The molecular formula is C11H19N3O. The molecule has 4 nitrogen and oxygen atoms in total. The second kappa shape index (κ2) is 6.50. The average Bonchev–Trinajstić information content (AvgIpc) is 2.27. The highest BCUT2D eigenvalue weighted by Gasteiger charge is 2.11. The van der Waals surface area contributed by atoms with Gasteiger partial charge in [-0.1, -0.05) is 6.07 Å². The van der Waals surface area contributed by atoms with Crippen LogP contribution in [-0.4, -0.2) is 29.3 Å². The molecule has 4 heteroatoms. The Morgan fingerprint density at radius 2 is 2.40 bits per heavy atom. The lowest BCUT2D eigenvalue weighted by Crippen LogP contribution is -2.35. The van der Waals surface area contributed by atoms with Crippen LogP contribution in [-0.2, 0) is 0 Å². The third-order valence-electron chi connectivity index (χ3n) is 2.37. The average molecular weight is 209 g/mol. The summed E-state index contributed by atoms with van der Waals surface area (Å²) in [7, 11) is 0. The van der Waals surface area contributed by atoms with E-state index in [1.165, 1.54) is 0 Å². The van der Waals surface area contributed by atoms with Crippen molar-refractivity contribution in [2.24, 2.45) is 5.73 Å². The molecule has 0 amide bonds. The number of nitrogens with zero attached hydrogens (tertiary/aromatic N) is 1. The molecule has 0 radical (unpaired) electrons. The summed E-state index contributed by atoms with van der Waals surface area (Å²) in [5.41, 5.74) is 6.78. The Hall–Kier alpha value is -0.970. The first kappa shape index (κ1) is 12.1. The minimum Gasteiger partial charge on any atom is -0.396 e. The Balaban J connectivity index is 2.56. The second-order valence-corrected chi connectivity index (χ2v) is 3.65. The van der Waals surface area contributed by atoms with Gasteiger partial charge in [-0.05, 0) is 25.0 Å². The summed E-state index contributed by atoms with van der Waals surface area (Å²) in [4.78, 5) is 4.06. The Kier molecular flexibility index (Phi) is 5.25. The molecule has 0 bridgehead atoms. The molecular weight excluding hydrogens is 190 g/mol. The molecule has 0 aliphatic rings. The molecule has 1 heterocycles. The number of rotatable bonds is 6. The van der Waals surface area contributed by atoms with Crippen molar-refractivity contribution in [3.8, 4) is 0 Å². The second-order valence-electron chi connectivity index (χ2n) is 3.65. The SMILES string of the molecule is CC(CCO)NC(CN)c1cccnc1. The predicted molar refractivity (Wildman–Crippen MR) is 60.3 cm³/mol. The largest absolute Gasteiger partial charge is 0.396 e. The van der Waals surface area contributed by atoms with E-state index in [1.807, 2.05) is 25.3 Å². The van der Waals surface area contributed by atoms with E-state index in [9.17, 15) is 0 Å². The van der Waals surface area contributed by atoms with Gasteiger partial charge in [0.1, 0.15) is 0 Å². The highest BCUT2D eigenvalue weighted by atomic mass is 16.3. The van der Waals surface area contributed by atoms with Crippen molar-refractivity contribution in [1.82, 2.24) is 10.3 Å². The molecule has 4 N–H and O–H groups in total. The highest BCUT2D eigenvalue weighted by molar-refractivity contribution is 5.14. The lowest BCUT2D eigenvalue weighted by Gasteiger charge is -2.21. The van der Waals surface area contributed by atoms with Crippen LogP contribution < -0.4 is 11.1 Å². The quantitative estimate of drug-likeness (QED) is 0.636. The van der Waals surface area contributed by atoms with Crippen LogP contribution in [0.4, 0.5) is 0 Å². The molecule has 15 heavy (non-hydrogen) atoms. The van der Waals surface area contributed by atoms with Crippen molar-refractivity contribution in [3.63, 3.8) is 0 Å². The summed E-state index contributed by atoms with van der Waals surface area (Å²) >= 11 is 0. The van der Waals surface area contributed by atoms with Gasteiger partial charge in [-0.15, -0.1) is 0 Å². The Bertz CT molecular complexity index is 266. The molecule has 0 saturated carbocycles. The molecule has 2 atom stereocenters. The molecule has 2 unspecified atom stereocenters. The Morgan fingerprint density at radius 1 is 1.60 bits per heavy atom. The van der Waals surface area contributed by atoms with Crippen LogP contribution in [0.25, 0.3) is 0 Å². The van der Waals surface area contributed by atoms with E-state index in [0.717, 1.165) is 12.0 Å². The number of nitrogens with two attached hydrogens (primary N) is 1. The zero-order valence-corrected chi connectivity index (χ0v) is 9.06. The standard InChI is InChI=1S/C11H19N3O/c1-9(4-6-15)14-11(7-12)10-3-2-5-13-8-10/h2-3,5,8-9,11,14-15H,4,6-7,12H2,1H3. The first-order valence-corrected chi connectivity index (χ1v) is 5.24. The van der Waals surface area contributed by atoms with Crippen LogP contribution >= 0.6 is 0 Å². The fourth-order valence-corrected chi connectivity index (χ4v) is 1.50. The third-order valence-corrected chi connectivity index (χ3v) is 2.37. The minimum absolute atomic E-state index is 0.111. The number of hydrogen-bond donors (Lipinski definition) is 3. The number of nitrogens with one attached hydrogen (secondary N) is 1. The van der Waals surface area contributed by atoms with Gasteiger partial charge in [0.25, 0.3) is 0 Å². The zero-order valence-electron chi connectivity index (χ0n) is 9.06. The van der Waals surface area contributed by atoms with E-state index in [1.54, 1.807) is 6.20 Å². The normalized spacial score (nSPS) is 14.9. The van der Waals surface area contributed by atoms with Gasteiger partial charge in [-0.2, -0.15) is 0 Å². The fraction of sp³-hybridized carbons (Fsp3) is 0.545. The van der Waals surface area contributed by atoms with Gasteiger partial charge in [-0.25, -0.2) is 0 Å². The van der Waals surface area contributed by atoms with Gasteiger partial charge in [0.15, 0.2) is 0 Å². The smallest absolute Gasteiger partial charge is 0.0461 e. The number of aromatic nitrogens is 1. The molecule has 0 aliphatic carbocycles. The minimum atomic E-state index is 0.111. The maximum Gasteiger partial charge on any atom is 0.0461 e. The monoisotopic (exact) mass is 209 g/mol. The van der Waals surface area contributed by atoms with E-state index >= 15 is 0 Å². The van der Waals surface area contributed by atoms with Gasteiger partial charge in [0.2, 0.25) is 0 Å². The Labute approximate surface area is 90.5 Å². The van der Waals surface area contributed by atoms with Crippen LogP contribution in [0.1, 0.15) is 24.9 Å². The zero-order chi connectivity index (χ0) is 11.1. The predicted octanol–water partition coefficient (Wildman–Crippen LogP) is 0.442. The van der Waals surface area contributed by atoms with E-state index < -0.39 is 0 Å². The number of aliphatic hydroxyl groups is 1. The van der Waals surface area contributed by atoms with Crippen molar-refractivity contribution < 1.29 is 5.11 Å². The lowest BCUT2D eigenvalue weighted by atomic mass is 10.1. The summed E-state index contributed by atoms with van der Waals surface area (Å²) in [5, 5.41) is 12.2. The van der Waals surface area contributed by atoms with Crippen molar-refractivity contribution in [2.45, 2.75) is 25.4 Å². The molecule has 1 aromatic heterocycles. The summed E-state index contributed by atoms with van der Waals surface area (Å²) in [6.45, 7) is 2.76. The fourth-order valence-electron chi connectivity index (χ4n) is 1.50. The van der Waals surface area contributed by atoms with Crippen LogP contribution in [0.15, 0.2) is 24.5 Å². The molecule has 1 rings (SSSR count). The third kappa shape index (κ3) is 3.95. The molecule has 0 spiro atoms. The van der Waals surface area contributed by atoms with Gasteiger partial charge in [0.05, 0.1) is 0 Å². The highest BCUT2D eigenvalue weighted by Crippen LogP contribution is 2.10. The number of pyridine rings is 1. The van der Waals surface area contributed by atoms with Crippen LogP contribution in [0, 0.1) is 0 Å². The molecule has 0 saturated heterocycles. The summed E-state index contributed by atoms with van der Waals surface area (Å²) in [5.74, 6) is 0. The van der Waals surface area contributed by atoms with Crippen molar-refractivity contribution in [3.05, 3.63) is 30.1 Å². The van der Waals surface area contributed by atoms with Crippen LogP contribution in [0.2, 0.25) is 0 Å². The number of aliphatic hydroxyl groups excluding tert-OH is 1. The van der Waals surface area contributed by atoms with E-state index in [2.05, 4.69) is 10.3 Å². The maximum atomic E-state index is 8.81. The van der Waals surface area contributed by atoms with Crippen molar-refractivity contribution >= 4 is 0 Å². The van der Waals surface area contributed by atoms with Gasteiger partial charge >= 0.3 is 0 Å². The molecule has 0 aromatic carbocycles. The topological polar surface area (TPSA) is 71.2 Å². The molecule has 0 aliphatic heterocycles. The van der Waals surface area contributed by atoms with E-state index in [0.29, 0.717) is 6.54 Å². The lowest BCUT2D eigenvalue weighted by molar-refractivity contribution is 0.263. The van der Waals surface area contributed by atoms with E-state index in [-0.39, 0.29) is 18.7 Å². The molecule has 84 valence electrons. The van der Waals surface area contributed by atoms with Crippen LogP contribution in [0.3, 0.4) is 0 Å². The number of hydrogen-bond acceptors (Lipinski definition) is 4. The summed E-state index contributed by atoms with van der Waals surface area (Å²) < 4.78 is 0. The summed E-state index contributed by atoms with van der Waals surface area (Å²) in [6.07, 6.45) is 4.29. The van der Waals surface area contributed by atoms with E-state index in [4.69, 9.17) is 10.8 Å². The molecule has 0 fully saturated rings. The summed E-state index contributed by atoms with van der Waals surface area (Å²) in [6, 6.07) is 4.27. The first-order chi connectivity index (χ1) is 7.27. The van der Waals surface area contributed by atoms with Crippen molar-refractivity contribution in [2.75, 3.05) is 13.2 Å². The van der Waals surface area contributed by atoms with Gasteiger partial charge < -0.3 is 16.2 Å². The molecule has 1 aromatic rings.